The molecular formula is C13H28N2O2. The van der Waals surface area contributed by atoms with Crippen molar-refractivity contribution in [2.24, 2.45) is 5.41 Å². The van der Waals surface area contributed by atoms with Gasteiger partial charge < -0.3 is 15.7 Å². The first-order valence-electron chi connectivity index (χ1n) is 6.52. The van der Waals surface area contributed by atoms with Crippen LogP contribution < -0.4 is 10.6 Å². The lowest BCUT2D eigenvalue weighted by molar-refractivity contribution is -0.120. The molecule has 0 aliphatic carbocycles. The highest BCUT2D eigenvalue weighted by Crippen LogP contribution is 2.20. The molecule has 0 aromatic carbocycles. The quantitative estimate of drug-likeness (QED) is 0.573. The second kappa shape index (κ2) is 8.48. The maximum Gasteiger partial charge on any atom is 0.233 e. The number of rotatable bonds is 9. The summed E-state index contributed by atoms with van der Waals surface area (Å²) in [5.74, 6) is 0.0439. The zero-order chi connectivity index (χ0) is 13.3. The van der Waals surface area contributed by atoms with Gasteiger partial charge in [-0.25, -0.2) is 0 Å². The van der Waals surface area contributed by atoms with Crippen LogP contribution in [0.15, 0.2) is 0 Å². The van der Waals surface area contributed by atoms with Crippen LogP contribution in [0.5, 0.6) is 0 Å². The monoisotopic (exact) mass is 244 g/mol. The van der Waals surface area contributed by atoms with Crippen LogP contribution in [0.1, 0.15) is 47.0 Å². The second-order valence-corrected chi connectivity index (χ2v) is 5.46. The van der Waals surface area contributed by atoms with E-state index in [-0.39, 0.29) is 17.9 Å². The van der Waals surface area contributed by atoms with Crippen LogP contribution in [-0.2, 0) is 4.79 Å². The van der Waals surface area contributed by atoms with E-state index in [1.165, 1.54) is 0 Å². The largest absolute Gasteiger partial charge is 0.396 e. The van der Waals surface area contributed by atoms with Crippen molar-refractivity contribution < 1.29 is 9.90 Å². The summed E-state index contributed by atoms with van der Waals surface area (Å²) in [6.45, 7) is 9.62. The summed E-state index contributed by atoms with van der Waals surface area (Å²) in [6.07, 6.45) is 2.73. The van der Waals surface area contributed by atoms with E-state index in [9.17, 15) is 4.79 Å². The summed E-state index contributed by atoms with van der Waals surface area (Å²) < 4.78 is 0. The minimum atomic E-state index is 0.0439. The van der Waals surface area contributed by atoms with Gasteiger partial charge >= 0.3 is 0 Å². The van der Waals surface area contributed by atoms with Crippen molar-refractivity contribution in [1.29, 1.82) is 0 Å². The van der Waals surface area contributed by atoms with E-state index in [2.05, 4.69) is 38.3 Å². The van der Waals surface area contributed by atoms with Gasteiger partial charge in [-0.1, -0.05) is 20.8 Å². The first kappa shape index (κ1) is 16.4. The van der Waals surface area contributed by atoms with E-state index in [4.69, 9.17) is 5.11 Å². The molecule has 0 fully saturated rings. The number of carbonyl (C=O) groups is 1. The molecule has 102 valence electrons. The fourth-order valence-electron chi connectivity index (χ4n) is 1.46. The second-order valence-electron chi connectivity index (χ2n) is 5.46. The van der Waals surface area contributed by atoms with Gasteiger partial charge in [-0.2, -0.15) is 0 Å². The van der Waals surface area contributed by atoms with Crippen LogP contribution in [0.4, 0.5) is 0 Å². The molecule has 0 aromatic heterocycles. The van der Waals surface area contributed by atoms with Gasteiger partial charge in [0.05, 0.1) is 6.54 Å². The SMILES string of the molecule is CCC(C)NCC(=O)NCC(C)(C)CCCO. The first-order valence-corrected chi connectivity index (χ1v) is 6.52. The van der Waals surface area contributed by atoms with Crippen molar-refractivity contribution >= 4 is 5.91 Å². The minimum Gasteiger partial charge on any atom is -0.396 e. The predicted octanol–water partition coefficient (Wildman–Crippen LogP) is 1.29. The van der Waals surface area contributed by atoms with Crippen molar-refractivity contribution in [3.8, 4) is 0 Å². The Labute approximate surface area is 105 Å². The Hall–Kier alpha value is -0.610. The number of hydrogen-bond donors (Lipinski definition) is 3. The Morgan fingerprint density at radius 3 is 2.59 bits per heavy atom. The average molecular weight is 244 g/mol. The summed E-state index contributed by atoms with van der Waals surface area (Å²) in [7, 11) is 0. The van der Waals surface area contributed by atoms with E-state index in [0.29, 0.717) is 19.1 Å². The maximum absolute atomic E-state index is 11.6. The van der Waals surface area contributed by atoms with Crippen molar-refractivity contribution in [3.63, 3.8) is 0 Å². The third kappa shape index (κ3) is 9.12. The van der Waals surface area contributed by atoms with Crippen LogP contribution in [0.25, 0.3) is 0 Å². The summed E-state index contributed by atoms with van der Waals surface area (Å²) >= 11 is 0. The standard InChI is InChI=1S/C13H28N2O2/c1-5-11(2)14-9-12(17)15-10-13(3,4)7-6-8-16/h11,14,16H,5-10H2,1-4H3,(H,15,17). The minimum absolute atomic E-state index is 0.0439. The normalized spacial score (nSPS) is 13.5. The lowest BCUT2D eigenvalue weighted by Crippen LogP contribution is -2.41. The van der Waals surface area contributed by atoms with E-state index in [0.717, 1.165) is 19.3 Å². The third-order valence-electron chi connectivity index (χ3n) is 3.00. The van der Waals surface area contributed by atoms with Gasteiger partial charge in [-0.15, -0.1) is 0 Å². The Kier molecular flexibility index (Phi) is 8.17. The molecule has 0 bridgehead atoms. The molecule has 4 heteroatoms. The number of aliphatic hydroxyl groups excluding tert-OH is 1. The molecule has 3 N–H and O–H groups in total. The van der Waals surface area contributed by atoms with Gasteiger partial charge in [0.1, 0.15) is 0 Å². The Bertz CT molecular complexity index is 217. The van der Waals surface area contributed by atoms with Crippen molar-refractivity contribution in [3.05, 3.63) is 0 Å². The van der Waals surface area contributed by atoms with E-state index < -0.39 is 0 Å². The molecule has 0 spiro atoms. The summed E-state index contributed by atoms with van der Waals surface area (Å²) in [5.41, 5.74) is 0.0504. The summed E-state index contributed by atoms with van der Waals surface area (Å²) in [4.78, 5) is 11.6. The molecule has 0 saturated heterocycles. The topological polar surface area (TPSA) is 61.4 Å². The number of carbonyl (C=O) groups excluding carboxylic acids is 1. The zero-order valence-corrected chi connectivity index (χ0v) is 11.7. The first-order chi connectivity index (χ1) is 7.91. The number of hydrogen-bond acceptors (Lipinski definition) is 3. The van der Waals surface area contributed by atoms with E-state index in [1.54, 1.807) is 0 Å². The van der Waals surface area contributed by atoms with Gasteiger partial charge in [0, 0.05) is 19.2 Å². The third-order valence-corrected chi connectivity index (χ3v) is 3.00. The van der Waals surface area contributed by atoms with Gasteiger partial charge in [0.25, 0.3) is 0 Å². The van der Waals surface area contributed by atoms with Crippen molar-refractivity contribution in [2.45, 2.75) is 53.0 Å². The van der Waals surface area contributed by atoms with Crippen LogP contribution in [0.3, 0.4) is 0 Å². The number of amides is 1. The Morgan fingerprint density at radius 1 is 1.41 bits per heavy atom. The molecule has 0 saturated carbocycles. The van der Waals surface area contributed by atoms with Crippen molar-refractivity contribution in [2.75, 3.05) is 19.7 Å². The van der Waals surface area contributed by atoms with Crippen LogP contribution in [0.2, 0.25) is 0 Å². The van der Waals surface area contributed by atoms with Gasteiger partial charge in [0.15, 0.2) is 0 Å². The van der Waals surface area contributed by atoms with Crippen LogP contribution in [-0.4, -0.2) is 36.8 Å². The molecule has 0 heterocycles. The van der Waals surface area contributed by atoms with E-state index in [1.807, 2.05) is 0 Å². The predicted molar refractivity (Wildman–Crippen MR) is 70.9 cm³/mol. The number of nitrogens with one attached hydrogen (secondary N) is 2. The Morgan fingerprint density at radius 2 is 2.06 bits per heavy atom. The highest BCUT2D eigenvalue weighted by Gasteiger charge is 2.18. The molecular weight excluding hydrogens is 216 g/mol. The van der Waals surface area contributed by atoms with Crippen LogP contribution >= 0.6 is 0 Å². The molecule has 1 unspecified atom stereocenters. The average Bonchev–Trinajstić information content (AvgIpc) is 2.31. The highest BCUT2D eigenvalue weighted by atomic mass is 16.2. The molecule has 0 rings (SSSR count). The fourth-order valence-corrected chi connectivity index (χ4v) is 1.46. The molecule has 1 amide bonds. The lowest BCUT2D eigenvalue weighted by atomic mass is 9.88. The van der Waals surface area contributed by atoms with Gasteiger partial charge in [0.2, 0.25) is 5.91 Å². The Balaban J connectivity index is 3.75. The van der Waals surface area contributed by atoms with Crippen molar-refractivity contribution in [1.82, 2.24) is 10.6 Å². The summed E-state index contributed by atoms with van der Waals surface area (Å²) in [5, 5.41) is 14.9. The maximum atomic E-state index is 11.6. The fraction of sp³-hybridized carbons (Fsp3) is 0.923. The van der Waals surface area contributed by atoms with Gasteiger partial charge in [-0.05, 0) is 31.6 Å². The number of aliphatic hydroxyl groups is 1. The molecule has 0 aliphatic heterocycles. The molecule has 0 aliphatic rings. The molecule has 17 heavy (non-hydrogen) atoms. The smallest absolute Gasteiger partial charge is 0.233 e. The van der Waals surface area contributed by atoms with Gasteiger partial charge in [-0.3, -0.25) is 4.79 Å². The lowest BCUT2D eigenvalue weighted by Gasteiger charge is -2.24. The molecule has 0 aromatic rings. The van der Waals surface area contributed by atoms with E-state index >= 15 is 0 Å². The van der Waals surface area contributed by atoms with Crippen LogP contribution in [0, 0.1) is 5.41 Å². The highest BCUT2D eigenvalue weighted by molar-refractivity contribution is 5.78. The molecule has 0 radical (unpaired) electrons. The molecule has 4 nitrogen and oxygen atoms in total. The zero-order valence-electron chi connectivity index (χ0n) is 11.7. The molecule has 1 atom stereocenters. The summed E-state index contributed by atoms with van der Waals surface area (Å²) in [6, 6.07) is 0.378.